The lowest BCUT2D eigenvalue weighted by Gasteiger charge is -2.24. The van der Waals surface area contributed by atoms with Crippen molar-refractivity contribution in [3.8, 4) is 0 Å². The second-order valence-corrected chi connectivity index (χ2v) is 15.1. The zero-order chi connectivity index (χ0) is 37.2. The van der Waals surface area contributed by atoms with E-state index in [1.165, 1.54) is 12.8 Å². The first kappa shape index (κ1) is 47.7. The minimum Gasteiger partial charge on any atom is -0.462 e. The number of esters is 2. The molecule has 1 N–H and O–H groups in total. The van der Waals surface area contributed by atoms with Gasteiger partial charge in [0.2, 0.25) is 0 Å². The molecule has 0 aromatic heterocycles. The third-order valence-corrected chi connectivity index (χ3v) is 8.61. The summed E-state index contributed by atoms with van der Waals surface area (Å²) in [5.41, 5.74) is 0. The van der Waals surface area contributed by atoms with Gasteiger partial charge in [-0.15, -0.1) is 0 Å². The fourth-order valence-electron chi connectivity index (χ4n) is 4.59. The number of unbranched alkanes of at least 4 members (excludes halogenated alkanes) is 12. The maximum atomic E-state index is 12.6. The van der Waals surface area contributed by atoms with Crippen molar-refractivity contribution in [2.75, 3.05) is 47.5 Å². The first-order valence-electron chi connectivity index (χ1n) is 19.1. The molecule has 0 fully saturated rings. The molecule has 0 bridgehead atoms. The number of quaternary nitrogens is 1. The van der Waals surface area contributed by atoms with Crippen LogP contribution < -0.4 is 0 Å². The first-order chi connectivity index (χ1) is 24.0. The molecule has 0 aliphatic carbocycles. The highest BCUT2D eigenvalue weighted by atomic mass is 31.2. The van der Waals surface area contributed by atoms with E-state index in [0.717, 1.165) is 77.0 Å². The molecule has 50 heavy (non-hydrogen) atoms. The topological polar surface area (TPSA) is 108 Å². The van der Waals surface area contributed by atoms with Crippen molar-refractivity contribution in [3.63, 3.8) is 0 Å². The van der Waals surface area contributed by atoms with E-state index in [-0.39, 0.29) is 26.1 Å². The van der Waals surface area contributed by atoms with Gasteiger partial charge in [-0.05, 0) is 51.4 Å². The maximum Gasteiger partial charge on any atom is 0.472 e. The Kier molecular flexibility index (Phi) is 31.1. The van der Waals surface area contributed by atoms with Crippen LogP contribution in [0.1, 0.15) is 129 Å². The molecule has 0 amide bonds. The predicted octanol–water partition coefficient (Wildman–Crippen LogP) is 10.1. The van der Waals surface area contributed by atoms with Crippen molar-refractivity contribution in [2.24, 2.45) is 0 Å². The van der Waals surface area contributed by atoms with Crippen molar-refractivity contribution in [1.82, 2.24) is 0 Å². The van der Waals surface area contributed by atoms with Crippen LogP contribution in [0, 0.1) is 0 Å². The second-order valence-electron chi connectivity index (χ2n) is 13.7. The molecule has 0 rings (SSSR count). The SMILES string of the molecule is CC/C=C/C=C/C=C/C=C/CCCCCCCC(=O)OC[C@H](COP(=O)(O)OCC[N+](C)(C)C)OC(=O)CCCCCCC/C=C/CCCC. The molecule has 288 valence electrons. The Morgan fingerprint density at radius 3 is 1.76 bits per heavy atom. The van der Waals surface area contributed by atoms with Crippen molar-refractivity contribution in [2.45, 2.75) is 136 Å². The molecule has 0 heterocycles. The predicted molar refractivity (Wildman–Crippen MR) is 206 cm³/mol. The highest BCUT2D eigenvalue weighted by Gasteiger charge is 2.27. The second kappa shape index (κ2) is 32.6. The number of hydrogen-bond acceptors (Lipinski definition) is 7. The lowest BCUT2D eigenvalue weighted by atomic mass is 10.1. The van der Waals surface area contributed by atoms with Crippen LogP contribution in [0.2, 0.25) is 0 Å². The van der Waals surface area contributed by atoms with Gasteiger partial charge in [0.15, 0.2) is 6.10 Å². The van der Waals surface area contributed by atoms with Crippen LogP contribution in [-0.2, 0) is 32.7 Å². The van der Waals surface area contributed by atoms with Gasteiger partial charge in [0.05, 0.1) is 27.7 Å². The van der Waals surface area contributed by atoms with Crippen molar-refractivity contribution >= 4 is 19.8 Å². The molecule has 0 radical (unpaired) electrons. The molecule has 0 spiro atoms. The quantitative estimate of drug-likeness (QED) is 0.0178. The Balaban J connectivity index is 4.50. The number of nitrogens with zero attached hydrogens (tertiary/aromatic N) is 1. The standard InChI is InChI=1S/C40H70NO8P/c1-6-8-10-12-14-16-18-19-20-21-23-24-26-28-30-32-39(42)46-36-38(37-48-50(44,45)47-35-34-41(3,4)5)49-40(43)33-31-29-27-25-22-17-15-13-11-9-7-2/h8,10,12-16,18-20,38H,6-7,9,11,17,21-37H2,1-5H3/p+1/b10-8+,14-12+,15-13+,18-16+,20-19+/t38-/m1/s1. The normalized spacial score (nSPS) is 14.4. The Morgan fingerprint density at radius 1 is 0.640 bits per heavy atom. The van der Waals surface area contributed by atoms with Gasteiger partial charge in [-0.25, -0.2) is 4.57 Å². The lowest BCUT2D eigenvalue weighted by molar-refractivity contribution is -0.870. The summed E-state index contributed by atoms with van der Waals surface area (Å²) < 4.78 is 34.1. The molecule has 0 saturated carbocycles. The highest BCUT2D eigenvalue weighted by molar-refractivity contribution is 7.47. The molecule has 10 heteroatoms. The summed E-state index contributed by atoms with van der Waals surface area (Å²) in [6.07, 6.45) is 37.0. The average Bonchev–Trinajstić information content (AvgIpc) is 3.06. The molecule has 0 aromatic rings. The number of phosphoric ester groups is 1. The summed E-state index contributed by atoms with van der Waals surface area (Å²) in [4.78, 5) is 35.1. The fraction of sp³-hybridized carbons (Fsp3) is 0.700. The number of likely N-dealkylation sites (N-methyl/N-ethyl adjacent to an activating group) is 1. The summed E-state index contributed by atoms with van der Waals surface area (Å²) in [6, 6.07) is 0. The Bertz CT molecular complexity index is 1040. The van der Waals surface area contributed by atoms with Gasteiger partial charge in [-0.3, -0.25) is 18.6 Å². The largest absolute Gasteiger partial charge is 0.472 e. The molecule has 0 aliphatic heterocycles. The van der Waals surface area contributed by atoms with Gasteiger partial charge in [0.25, 0.3) is 0 Å². The Morgan fingerprint density at radius 2 is 1.16 bits per heavy atom. The van der Waals surface area contributed by atoms with Crippen LogP contribution in [0.4, 0.5) is 0 Å². The summed E-state index contributed by atoms with van der Waals surface area (Å²) in [5, 5.41) is 0. The third kappa shape index (κ3) is 35.5. The zero-order valence-corrected chi connectivity index (χ0v) is 33.0. The zero-order valence-electron chi connectivity index (χ0n) is 32.1. The van der Waals surface area contributed by atoms with Gasteiger partial charge in [-0.1, -0.05) is 126 Å². The monoisotopic (exact) mass is 724 g/mol. The molecule has 9 nitrogen and oxygen atoms in total. The summed E-state index contributed by atoms with van der Waals surface area (Å²) in [6.45, 7) is 4.17. The third-order valence-electron chi connectivity index (χ3n) is 7.63. The van der Waals surface area contributed by atoms with Crippen LogP contribution in [-0.4, -0.2) is 74.9 Å². The number of carbonyl (C=O) groups excluding carboxylic acids is 2. The number of allylic oxidation sites excluding steroid dienone is 10. The summed E-state index contributed by atoms with van der Waals surface area (Å²) in [7, 11) is 1.44. The van der Waals surface area contributed by atoms with Crippen molar-refractivity contribution in [3.05, 3.63) is 60.8 Å². The van der Waals surface area contributed by atoms with Gasteiger partial charge < -0.3 is 18.9 Å². The molecule has 0 aliphatic rings. The number of rotatable bonds is 33. The smallest absolute Gasteiger partial charge is 0.462 e. The van der Waals surface area contributed by atoms with Crippen LogP contribution >= 0.6 is 7.82 Å². The average molecular weight is 725 g/mol. The van der Waals surface area contributed by atoms with Crippen LogP contribution in [0.5, 0.6) is 0 Å². The van der Waals surface area contributed by atoms with Crippen LogP contribution in [0.15, 0.2) is 60.8 Å². The number of hydrogen-bond donors (Lipinski definition) is 1. The summed E-state index contributed by atoms with van der Waals surface area (Å²) in [5.74, 6) is -0.846. The van der Waals surface area contributed by atoms with Crippen molar-refractivity contribution < 1.29 is 42.1 Å². The van der Waals surface area contributed by atoms with Crippen LogP contribution in [0.25, 0.3) is 0 Å². The van der Waals surface area contributed by atoms with E-state index < -0.39 is 32.5 Å². The number of carbonyl (C=O) groups is 2. The van der Waals surface area contributed by atoms with E-state index in [9.17, 15) is 19.0 Å². The van der Waals surface area contributed by atoms with Crippen LogP contribution in [0.3, 0.4) is 0 Å². The van der Waals surface area contributed by atoms with Gasteiger partial charge in [0.1, 0.15) is 19.8 Å². The van der Waals surface area contributed by atoms with Gasteiger partial charge >= 0.3 is 19.8 Å². The van der Waals surface area contributed by atoms with E-state index >= 15 is 0 Å². The lowest BCUT2D eigenvalue weighted by Crippen LogP contribution is -2.37. The van der Waals surface area contributed by atoms with Gasteiger partial charge in [-0.2, -0.15) is 0 Å². The van der Waals surface area contributed by atoms with E-state index in [2.05, 4.69) is 44.2 Å². The maximum absolute atomic E-state index is 12.6. The molecule has 2 atom stereocenters. The first-order valence-corrected chi connectivity index (χ1v) is 20.6. The number of phosphoric acid groups is 1. The minimum atomic E-state index is -4.38. The van der Waals surface area contributed by atoms with Crippen molar-refractivity contribution in [1.29, 1.82) is 0 Å². The fourth-order valence-corrected chi connectivity index (χ4v) is 5.33. The minimum absolute atomic E-state index is 0.0230. The Hall–Kier alpha value is -2.29. The van der Waals surface area contributed by atoms with E-state index in [1.807, 2.05) is 51.5 Å². The molecule has 0 saturated heterocycles. The Labute approximate surface area is 305 Å². The number of ether oxygens (including phenoxy) is 2. The van der Waals surface area contributed by atoms with E-state index in [4.69, 9.17) is 18.5 Å². The van der Waals surface area contributed by atoms with Gasteiger partial charge in [0, 0.05) is 12.8 Å². The molecular formula is C40H71NO8P+. The van der Waals surface area contributed by atoms with E-state index in [0.29, 0.717) is 23.9 Å². The molecular weight excluding hydrogens is 653 g/mol. The highest BCUT2D eigenvalue weighted by Crippen LogP contribution is 2.43. The van der Waals surface area contributed by atoms with E-state index in [1.54, 1.807) is 0 Å². The molecule has 0 aromatic carbocycles. The summed E-state index contributed by atoms with van der Waals surface area (Å²) >= 11 is 0. The molecule has 1 unspecified atom stereocenters.